The van der Waals surface area contributed by atoms with Crippen LogP contribution in [-0.2, 0) is 0 Å². The quantitative estimate of drug-likeness (QED) is 0.348. The first kappa shape index (κ1) is 22.8. The predicted octanol–water partition coefficient (Wildman–Crippen LogP) is 6.10. The third-order valence-electron chi connectivity index (χ3n) is 5.24. The van der Waals surface area contributed by atoms with Gasteiger partial charge in [-0.3, -0.25) is 0 Å². The van der Waals surface area contributed by atoms with E-state index in [1.54, 1.807) is 18.6 Å². The first-order valence-corrected chi connectivity index (χ1v) is 11.0. The van der Waals surface area contributed by atoms with E-state index in [1.165, 1.54) is 23.1 Å². The highest BCUT2D eigenvalue weighted by Crippen LogP contribution is 2.25. The Bertz CT molecular complexity index is 1040. The van der Waals surface area contributed by atoms with Crippen molar-refractivity contribution in [1.29, 1.82) is 0 Å². The van der Waals surface area contributed by atoms with Crippen LogP contribution in [0.3, 0.4) is 0 Å². The van der Waals surface area contributed by atoms with Gasteiger partial charge >= 0.3 is 0 Å². The Kier molecular flexibility index (Phi) is 8.08. The molecule has 5 heteroatoms. The Morgan fingerprint density at radius 3 is 2.00 bits per heavy atom. The normalized spacial score (nSPS) is 10.5. The third kappa shape index (κ3) is 5.86. The van der Waals surface area contributed by atoms with Gasteiger partial charge in [-0.25, -0.2) is 9.37 Å². The van der Waals surface area contributed by atoms with E-state index < -0.39 is 0 Å². The van der Waals surface area contributed by atoms with Gasteiger partial charge in [0.25, 0.3) is 0 Å². The number of hydrogen-bond donors (Lipinski definition) is 0. The molecule has 1 heterocycles. The molecular weight excluding hydrogens is 406 g/mol. The predicted molar refractivity (Wildman–Crippen MR) is 131 cm³/mol. The van der Waals surface area contributed by atoms with Gasteiger partial charge in [0.1, 0.15) is 5.82 Å². The molecule has 4 aromatic rings. The van der Waals surface area contributed by atoms with E-state index in [4.69, 9.17) is 11.6 Å². The molecule has 2 nitrogen and oxygen atoms in total. The molecule has 0 spiro atoms. The van der Waals surface area contributed by atoms with Gasteiger partial charge in [0.15, 0.2) is 0 Å². The maximum Gasteiger partial charge on any atom is 0.209 e. The van der Waals surface area contributed by atoms with Gasteiger partial charge in [-0.1, -0.05) is 110 Å². The SMILES string of the molecule is CC(C)c1cncn1-c1ccc(F)cc1Cl.CCB(c1ccccc1)c1ccccc1. The Morgan fingerprint density at radius 2 is 1.52 bits per heavy atom. The van der Waals surface area contributed by atoms with Gasteiger partial charge in [-0.15, -0.1) is 0 Å². The smallest absolute Gasteiger partial charge is 0.209 e. The molecule has 0 bridgehead atoms. The van der Waals surface area contributed by atoms with Crippen molar-refractivity contribution in [2.24, 2.45) is 0 Å². The maximum absolute atomic E-state index is 12.9. The van der Waals surface area contributed by atoms with Crippen LogP contribution in [0.15, 0.2) is 91.4 Å². The molecule has 31 heavy (non-hydrogen) atoms. The van der Waals surface area contributed by atoms with Gasteiger partial charge in [0.2, 0.25) is 6.71 Å². The van der Waals surface area contributed by atoms with Crippen LogP contribution in [0.2, 0.25) is 11.3 Å². The summed E-state index contributed by atoms with van der Waals surface area (Å²) in [4.78, 5) is 4.09. The van der Waals surface area contributed by atoms with Crippen LogP contribution in [0.5, 0.6) is 0 Å². The van der Waals surface area contributed by atoms with Crippen molar-refractivity contribution in [3.8, 4) is 5.69 Å². The van der Waals surface area contributed by atoms with Crippen molar-refractivity contribution in [3.05, 3.63) is 108 Å². The molecular formula is C26H27BClFN2. The summed E-state index contributed by atoms with van der Waals surface area (Å²) in [6, 6.07) is 25.8. The van der Waals surface area contributed by atoms with Crippen LogP contribution < -0.4 is 10.9 Å². The summed E-state index contributed by atoms with van der Waals surface area (Å²) in [5.74, 6) is 0.00332. The van der Waals surface area contributed by atoms with E-state index in [0.717, 1.165) is 17.7 Å². The van der Waals surface area contributed by atoms with Gasteiger partial charge in [-0.2, -0.15) is 0 Å². The summed E-state index contributed by atoms with van der Waals surface area (Å²) in [5.41, 5.74) is 4.62. The van der Waals surface area contributed by atoms with E-state index >= 15 is 0 Å². The molecule has 0 atom stereocenters. The maximum atomic E-state index is 12.9. The van der Waals surface area contributed by atoms with Gasteiger partial charge in [0.05, 0.1) is 17.0 Å². The zero-order valence-corrected chi connectivity index (χ0v) is 18.9. The largest absolute Gasteiger partial charge is 0.302 e. The van der Waals surface area contributed by atoms with Crippen molar-refractivity contribution in [1.82, 2.24) is 9.55 Å². The molecule has 0 saturated heterocycles. The van der Waals surface area contributed by atoms with Gasteiger partial charge in [0, 0.05) is 11.9 Å². The first-order chi connectivity index (χ1) is 15.0. The summed E-state index contributed by atoms with van der Waals surface area (Å²) in [6.45, 7) is 6.92. The summed E-state index contributed by atoms with van der Waals surface area (Å²) >= 11 is 6.01. The van der Waals surface area contributed by atoms with Crippen LogP contribution in [0, 0.1) is 5.82 Å². The zero-order chi connectivity index (χ0) is 22.2. The Labute approximate surface area is 189 Å². The molecule has 4 rings (SSSR count). The molecule has 1 aromatic heterocycles. The van der Waals surface area contributed by atoms with Gasteiger partial charge < -0.3 is 4.57 Å². The highest BCUT2D eigenvalue weighted by molar-refractivity contribution is 6.85. The number of aromatic nitrogens is 2. The number of halogens is 2. The zero-order valence-electron chi connectivity index (χ0n) is 18.2. The Balaban J connectivity index is 0.000000176. The summed E-state index contributed by atoms with van der Waals surface area (Å²) in [7, 11) is 0. The molecule has 158 valence electrons. The Morgan fingerprint density at radius 1 is 0.935 bits per heavy atom. The van der Waals surface area contributed by atoms with Crippen LogP contribution >= 0.6 is 11.6 Å². The van der Waals surface area contributed by atoms with E-state index in [2.05, 4.69) is 86.4 Å². The van der Waals surface area contributed by atoms with Crippen LogP contribution in [0.1, 0.15) is 32.4 Å². The average Bonchev–Trinajstić information content (AvgIpc) is 3.26. The van der Waals surface area contributed by atoms with Crippen molar-refractivity contribution in [2.45, 2.75) is 33.0 Å². The molecule has 0 N–H and O–H groups in total. The molecule has 0 radical (unpaired) electrons. The number of hydrogen-bond acceptors (Lipinski definition) is 1. The molecule has 3 aromatic carbocycles. The lowest BCUT2D eigenvalue weighted by atomic mass is 9.39. The lowest BCUT2D eigenvalue weighted by Gasteiger charge is -2.12. The van der Waals surface area contributed by atoms with E-state index in [-0.39, 0.29) is 5.82 Å². The lowest BCUT2D eigenvalue weighted by Crippen LogP contribution is -2.41. The molecule has 0 unspecified atom stereocenters. The summed E-state index contributed by atoms with van der Waals surface area (Å²) in [6.07, 6.45) is 4.63. The topological polar surface area (TPSA) is 17.8 Å². The fourth-order valence-corrected chi connectivity index (χ4v) is 3.90. The number of rotatable bonds is 5. The second kappa shape index (κ2) is 11.0. The van der Waals surface area contributed by atoms with E-state index in [9.17, 15) is 4.39 Å². The summed E-state index contributed by atoms with van der Waals surface area (Å²) < 4.78 is 14.8. The highest BCUT2D eigenvalue weighted by atomic mass is 35.5. The lowest BCUT2D eigenvalue weighted by molar-refractivity contribution is 0.627. The minimum absolute atomic E-state index is 0.333. The fraction of sp³-hybridized carbons (Fsp3) is 0.192. The van der Waals surface area contributed by atoms with Crippen LogP contribution in [0.25, 0.3) is 5.69 Å². The highest BCUT2D eigenvalue weighted by Gasteiger charge is 2.15. The second-order valence-corrected chi connectivity index (χ2v) is 8.13. The average molecular weight is 433 g/mol. The molecule has 0 aliphatic carbocycles. The van der Waals surface area contributed by atoms with Crippen molar-refractivity contribution in [3.63, 3.8) is 0 Å². The van der Waals surface area contributed by atoms with Crippen LogP contribution in [0.4, 0.5) is 4.39 Å². The summed E-state index contributed by atoms with van der Waals surface area (Å²) in [5, 5.41) is 0.389. The minimum atomic E-state index is -0.333. The second-order valence-electron chi connectivity index (χ2n) is 7.72. The van der Waals surface area contributed by atoms with Crippen LogP contribution in [-0.4, -0.2) is 16.3 Å². The Hall–Kier alpha value is -2.85. The number of nitrogens with zero attached hydrogens (tertiary/aromatic N) is 2. The van der Waals surface area contributed by atoms with E-state index in [1.807, 2.05) is 4.57 Å². The monoisotopic (exact) mass is 432 g/mol. The molecule has 0 aliphatic rings. The first-order valence-electron chi connectivity index (χ1n) is 10.6. The fourth-order valence-electron chi connectivity index (χ4n) is 3.64. The number of imidazole rings is 1. The van der Waals surface area contributed by atoms with Crippen molar-refractivity contribution < 1.29 is 4.39 Å². The van der Waals surface area contributed by atoms with Crippen molar-refractivity contribution in [2.75, 3.05) is 0 Å². The molecule has 0 saturated carbocycles. The van der Waals surface area contributed by atoms with Gasteiger partial charge in [-0.05, 0) is 24.1 Å². The molecule has 0 aliphatic heterocycles. The third-order valence-corrected chi connectivity index (χ3v) is 5.54. The minimum Gasteiger partial charge on any atom is -0.302 e. The standard InChI is InChI=1S/C14H15B.C12H12ClFN2/c1-2-15(13-9-5-3-6-10-13)14-11-7-4-8-12-14;1-8(2)12-6-15-7-16(12)11-4-3-9(14)5-10(11)13/h3-12H,2H2,1H3;3-8H,1-2H3. The van der Waals surface area contributed by atoms with Crippen molar-refractivity contribution >= 4 is 29.2 Å². The van der Waals surface area contributed by atoms with E-state index in [0.29, 0.717) is 17.7 Å². The molecule has 0 fully saturated rings. The number of benzene rings is 3. The molecule has 0 amide bonds.